The highest BCUT2D eigenvalue weighted by Gasteiger charge is 2.46. The Morgan fingerprint density at radius 2 is 2.25 bits per heavy atom. The first-order chi connectivity index (χ1) is 7.59. The molecule has 1 amide bonds. The molecule has 2 atom stereocenters. The van der Waals surface area contributed by atoms with E-state index in [1.807, 2.05) is 11.8 Å². The fourth-order valence-corrected chi connectivity index (χ4v) is 2.68. The number of hydrogen-bond donors (Lipinski definition) is 2. The lowest BCUT2D eigenvalue weighted by molar-refractivity contribution is -0.151. The van der Waals surface area contributed by atoms with E-state index in [1.165, 1.54) is 0 Å². The molecule has 4 heteroatoms. The lowest BCUT2D eigenvalue weighted by atomic mass is 9.67. The van der Waals surface area contributed by atoms with Crippen molar-refractivity contribution in [3.05, 3.63) is 0 Å². The lowest BCUT2D eigenvalue weighted by Gasteiger charge is -2.45. The van der Waals surface area contributed by atoms with Crippen molar-refractivity contribution in [2.45, 2.75) is 38.7 Å². The molecular weight excluding hydrogens is 204 g/mol. The minimum atomic E-state index is -0.368. The highest BCUT2D eigenvalue weighted by Crippen LogP contribution is 2.42. The largest absolute Gasteiger partial charge is 0.391 e. The lowest BCUT2D eigenvalue weighted by Crippen LogP contribution is -2.56. The Bertz CT molecular complexity index is 271. The van der Waals surface area contributed by atoms with Crippen LogP contribution in [0.2, 0.25) is 0 Å². The van der Waals surface area contributed by atoms with Crippen molar-refractivity contribution in [3.63, 3.8) is 0 Å². The van der Waals surface area contributed by atoms with Crippen LogP contribution in [0.15, 0.2) is 0 Å². The van der Waals surface area contributed by atoms with Gasteiger partial charge in [0.25, 0.3) is 0 Å². The van der Waals surface area contributed by atoms with Crippen LogP contribution in [-0.4, -0.2) is 41.7 Å². The molecule has 1 saturated carbocycles. The number of nitrogens with zero attached hydrogens (tertiary/aromatic N) is 1. The number of piperidine rings is 1. The molecule has 2 fully saturated rings. The van der Waals surface area contributed by atoms with Crippen molar-refractivity contribution in [1.29, 1.82) is 0 Å². The normalized spacial score (nSPS) is 33.3. The van der Waals surface area contributed by atoms with Crippen LogP contribution in [0.4, 0.5) is 0 Å². The molecule has 3 N–H and O–H groups in total. The van der Waals surface area contributed by atoms with E-state index in [9.17, 15) is 9.90 Å². The minimum Gasteiger partial charge on any atom is -0.391 e. The Labute approximate surface area is 96.8 Å². The molecule has 1 heterocycles. The first-order valence-electron chi connectivity index (χ1n) is 6.26. The standard InChI is InChI=1S/C12H22N2O2/c1-9-3-6-14(7-10(9)15)11(16)12(8-13)4-2-5-12/h9-10,15H,2-8,13H2,1H3. The highest BCUT2D eigenvalue weighted by molar-refractivity contribution is 5.84. The fourth-order valence-electron chi connectivity index (χ4n) is 2.68. The summed E-state index contributed by atoms with van der Waals surface area (Å²) in [6.07, 6.45) is 3.48. The van der Waals surface area contributed by atoms with E-state index in [1.54, 1.807) is 0 Å². The summed E-state index contributed by atoms with van der Waals surface area (Å²) < 4.78 is 0. The quantitative estimate of drug-likeness (QED) is 0.714. The molecule has 16 heavy (non-hydrogen) atoms. The molecule has 1 aliphatic carbocycles. The van der Waals surface area contributed by atoms with Crippen LogP contribution in [0.25, 0.3) is 0 Å². The van der Waals surface area contributed by atoms with Crippen LogP contribution in [0, 0.1) is 11.3 Å². The number of amides is 1. The van der Waals surface area contributed by atoms with E-state index in [0.29, 0.717) is 19.0 Å². The molecule has 2 unspecified atom stereocenters. The van der Waals surface area contributed by atoms with Gasteiger partial charge >= 0.3 is 0 Å². The third-order valence-electron chi connectivity index (χ3n) is 4.36. The van der Waals surface area contributed by atoms with Crippen LogP contribution >= 0.6 is 0 Å². The second-order valence-electron chi connectivity index (χ2n) is 5.42. The van der Waals surface area contributed by atoms with Crippen molar-refractivity contribution < 1.29 is 9.90 Å². The molecule has 0 aromatic heterocycles. The maximum absolute atomic E-state index is 12.3. The zero-order chi connectivity index (χ0) is 11.8. The van der Waals surface area contributed by atoms with E-state index in [4.69, 9.17) is 5.73 Å². The predicted octanol–water partition coefficient (Wildman–Crippen LogP) is 0.345. The molecule has 2 aliphatic rings. The molecule has 1 saturated heterocycles. The minimum absolute atomic E-state index is 0.173. The average Bonchev–Trinajstić information content (AvgIpc) is 2.21. The van der Waals surface area contributed by atoms with E-state index in [0.717, 1.165) is 32.2 Å². The second-order valence-corrected chi connectivity index (χ2v) is 5.42. The maximum atomic E-state index is 12.3. The third-order valence-corrected chi connectivity index (χ3v) is 4.36. The highest BCUT2D eigenvalue weighted by atomic mass is 16.3. The van der Waals surface area contributed by atoms with Gasteiger partial charge in [0.2, 0.25) is 5.91 Å². The van der Waals surface area contributed by atoms with Crippen molar-refractivity contribution in [2.75, 3.05) is 19.6 Å². The predicted molar refractivity (Wildman–Crippen MR) is 61.7 cm³/mol. The number of carbonyl (C=O) groups excluding carboxylic acids is 1. The first kappa shape index (κ1) is 11.9. The summed E-state index contributed by atoms with van der Waals surface area (Å²) in [5.74, 6) is 0.478. The first-order valence-corrected chi connectivity index (χ1v) is 6.26. The van der Waals surface area contributed by atoms with Gasteiger partial charge in [-0.15, -0.1) is 0 Å². The van der Waals surface area contributed by atoms with E-state index < -0.39 is 0 Å². The molecule has 1 aliphatic heterocycles. The molecular formula is C12H22N2O2. The zero-order valence-electron chi connectivity index (χ0n) is 9.98. The van der Waals surface area contributed by atoms with Gasteiger partial charge in [-0.3, -0.25) is 4.79 Å². The van der Waals surface area contributed by atoms with Crippen LogP contribution in [0.5, 0.6) is 0 Å². The SMILES string of the molecule is CC1CCN(C(=O)C2(CN)CCC2)CC1O. The van der Waals surface area contributed by atoms with Gasteiger partial charge in [-0.1, -0.05) is 13.3 Å². The maximum Gasteiger partial charge on any atom is 0.230 e. The number of rotatable bonds is 2. The van der Waals surface area contributed by atoms with Crippen molar-refractivity contribution in [1.82, 2.24) is 4.90 Å². The molecule has 2 rings (SSSR count). The van der Waals surface area contributed by atoms with Gasteiger partial charge in [-0.2, -0.15) is 0 Å². The number of aliphatic hydroxyl groups excluding tert-OH is 1. The Hall–Kier alpha value is -0.610. The van der Waals surface area contributed by atoms with Crippen molar-refractivity contribution in [3.8, 4) is 0 Å². The van der Waals surface area contributed by atoms with Gasteiger partial charge < -0.3 is 15.7 Å². The van der Waals surface area contributed by atoms with E-state index >= 15 is 0 Å². The molecule has 0 radical (unpaired) electrons. The summed E-state index contributed by atoms with van der Waals surface area (Å²) in [5.41, 5.74) is 5.44. The Kier molecular flexibility index (Phi) is 3.22. The monoisotopic (exact) mass is 226 g/mol. The summed E-state index contributed by atoms with van der Waals surface area (Å²) >= 11 is 0. The van der Waals surface area contributed by atoms with Crippen LogP contribution < -0.4 is 5.73 Å². The van der Waals surface area contributed by atoms with E-state index in [-0.39, 0.29) is 17.4 Å². The topological polar surface area (TPSA) is 66.6 Å². The summed E-state index contributed by atoms with van der Waals surface area (Å²) in [6.45, 7) is 3.75. The van der Waals surface area contributed by atoms with Gasteiger partial charge in [0.15, 0.2) is 0 Å². The van der Waals surface area contributed by atoms with Gasteiger partial charge in [0.1, 0.15) is 0 Å². The van der Waals surface area contributed by atoms with Crippen LogP contribution in [0.1, 0.15) is 32.6 Å². The summed E-state index contributed by atoms with van der Waals surface area (Å²) in [4.78, 5) is 14.1. The molecule has 0 spiro atoms. The number of β-amino-alcohol motifs (C(OH)–C–C–N with tert-alkyl or cyclic N) is 1. The Balaban J connectivity index is 2.00. The van der Waals surface area contributed by atoms with Gasteiger partial charge in [-0.25, -0.2) is 0 Å². The molecule has 92 valence electrons. The van der Waals surface area contributed by atoms with Gasteiger partial charge in [0, 0.05) is 19.6 Å². The molecule has 0 bridgehead atoms. The average molecular weight is 226 g/mol. The number of likely N-dealkylation sites (tertiary alicyclic amines) is 1. The summed E-state index contributed by atoms with van der Waals surface area (Å²) in [7, 11) is 0. The Morgan fingerprint density at radius 3 is 2.69 bits per heavy atom. The van der Waals surface area contributed by atoms with Gasteiger partial charge in [0.05, 0.1) is 11.5 Å². The van der Waals surface area contributed by atoms with E-state index in [2.05, 4.69) is 0 Å². The van der Waals surface area contributed by atoms with Crippen molar-refractivity contribution >= 4 is 5.91 Å². The summed E-state index contributed by atoms with van der Waals surface area (Å²) in [5, 5.41) is 9.80. The van der Waals surface area contributed by atoms with Crippen LogP contribution in [0.3, 0.4) is 0 Å². The number of hydrogen-bond acceptors (Lipinski definition) is 3. The molecule has 4 nitrogen and oxygen atoms in total. The fraction of sp³-hybridized carbons (Fsp3) is 0.917. The molecule has 0 aromatic carbocycles. The zero-order valence-corrected chi connectivity index (χ0v) is 9.98. The smallest absolute Gasteiger partial charge is 0.230 e. The van der Waals surface area contributed by atoms with Crippen molar-refractivity contribution in [2.24, 2.45) is 17.1 Å². The number of aliphatic hydroxyl groups is 1. The number of nitrogens with two attached hydrogens (primary N) is 1. The summed E-state index contributed by atoms with van der Waals surface area (Å²) in [6, 6.07) is 0. The van der Waals surface area contributed by atoms with Gasteiger partial charge in [-0.05, 0) is 25.2 Å². The molecule has 0 aromatic rings. The number of carbonyl (C=O) groups is 1. The second kappa shape index (κ2) is 4.34. The van der Waals surface area contributed by atoms with Crippen LogP contribution in [-0.2, 0) is 4.79 Å². The third kappa shape index (κ3) is 1.84. The Morgan fingerprint density at radius 1 is 1.56 bits per heavy atom.